The summed E-state index contributed by atoms with van der Waals surface area (Å²) in [5, 5.41) is 8.34. The van der Waals surface area contributed by atoms with Gasteiger partial charge in [-0.3, -0.25) is 4.79 Å². The van der Waals surface area contributed by atoms with Crippen LogP contribution in [-0.4, -0.2) is 35.4 Å². The molecular weight excluding hydrogens is 302 g/mol. The largest absolute Gasteiger partial charge is 0.462 e. The molecule has 0 radical (unpaired) electrons. The number of allylic oxidation sites excluding steroid dienone is 2. The van der Waals surface area contributed by atoms with Crippen LogP contribution in [0.25, 0.3) is 0 Å². The van der Waals surface area contributed by atoms with E-state index in [1.54, 1.807) is 6.07 Å². The van der Waals surface area contributed by atoms with Gasteiger partial charge in [0, 0.05) is 25.9 Å². The third kappa shape index (κ3) is 3.97. The second-order valence-corrected chi connectivity index (χ2v) is 6.25. The van der Waals surface area contributed by atoms with Gasteiger partial charge in [0.15, 0.2) is 11.0 Å². The number of carbonyl (C=O) groups is 1. The van der Waals surface area contributed by atoms with E-state index in [1.807, 2.05) is 6.07 Å². The van der Waals surface area contributed by atoms with Crippen LogP contribution in [0.5, 0.6) is 0 Å². The van der Waals surface area contributed by atoms with E-state index in [0.717, 1.165) is 44.6 Å². The number of halogens is 1. The van der Waals surface area contributed by atoms with Gasteiger partial charge in [0.2, 0.25) is 0 Å². The normalized spacial score (nSPS) is 22.0. The number of ether oxygens (including phenoxy) is 1. The molecule has 118 valence electrons. The zero-order valence-corrected chi connectivity index (χ0v) is 13.2. The SMILES string of the molecule is O=C(C[C@@H]1C=CCC1)OC1CCN(c2ccc(Cl)nn2)CC1. The van der Waals surface area contributed by atoms with Crippen LogP contribution in [0, 0.1) is 5.92 Å². The van der Waals surface area contributed by atoms with Crippen molar-refractivity contribution in [3.63, 3.8) is 0 Å². The van der Waals surface area contributed by atoms with E-state index in [-0.39, 0.29) is 12.1 Å². The lowest BCUT2D eigenvalue weighted by Gasteiger charge is -2.32. The maximum atomic E-state index is 11.9. The molecule has 2 heterocycles. The van der Waals surface area contributed by atoms with E-state index in [2.05, 4.69) is 27.2 Å². The Morgan fingerprint density at radius 2 is 2.09 bits per heavy atom. The van der Waals surface area contributed by atoms with Crippen LogP contribution in [0.15, 0.2) is 24.3 Å². The van der Waals surface area contributed by atoms with Gasteiger partial charge in [0.25, 0.3) is 0 Å². The predicted octanol–water partition coefficient (Wildman–Crippen LogP) is 3.00. The predicted molar refractivity (Wildman–Crippen MR) is 84.9 cm³/mol. The van der Waals surface area contributed by atoms with Crippen molar-refractivity contribution < 1.29 is 9.53 Å². The standard InChI is InChI=1S/C16H20ClN3O2/c17-14-5-6-15(19-18-14)20-9-7-13(8-10-20)22-16(21)11-12-3-1-2-4-12/h1,3,5-6,12-13H,2,4,7-11H2/t12-/m1/s1. The van der Waals surface area contributed by atoms with Crippen LogP contribution in [-0.2, 0) is 9.53 Å². The molecule has 0 saturated carbocycles. The van der Waals surface area contributed by atoms with Crippen LogP contribution in [0.3, 0.4) is 0 Å². The summed E-state index contributed by atoms with van der Waals surface area (Å²) in [6, 6.07) is 3.61. The smallest absolute Gasteiger partial charge is 0.306 e. The van der Waals surface area contributed by atoms with Crippen molar-refractivity contribution in [2.75, 3.05) is 18.0 Å². The fourth-order valence-electron chi connectivity index (χ4n) is 2.99. The molecule has 0 N–H and O–H groups in total. The van der Waals surface area contributed by atoms with Gasteiger partial charge in [0.1, 0.15) is 6.10 Å². The van der Waals surface area contributed by atoms with Gasteiger partial charge in [-0.1, -0.05) is 23.8 Å². The Morgan fingerprint density at radius 1 is 1.27 bits per heavy atom. The Bertz CT molecular complexity index is 539. The number of esters is 1. The van der Waals surface area contributed by atoms with Crippen LogP contribution in [0.4, 0.5) is 5.82 Å². The van der Waals surface area contributed by atoms with E-state index in [1.165, 1.54) is 0 Å². The number of hydrogen-bond acceptors (Lipinski definition) is 5. The van der Waals surface area contributed by atoms with Crippen molar-refractivity contribution in [3.8, 4) is 0 Å². The molecule has 22 heavy (non-hydrogen) atoms. The summed E-state index contributed by atoms with van der Waals surface area (Å²) < 4.78 is 5.60. The van der Waals surface area contributed by atoms with Gasteiger partial charge in [-0.25, -0.2) is 0 Å². The third-order valence-electron chi connectivity index (χ3n) is 4.22. The van der Waals surface area contributed by atoms with E-state index in [4.69, 9.17) is 16.3 Å². The number of rotatable bonds is 4. The first-order valence-electron chi connectivity index (χ1n) is 7.81. The van der Waals surface area contributed by atoms with Crippen molar-refractivity contribution in [1.29, 1.82) is 0 Å². The monoisotopic (exact) mass is 321 g/mol. The highest BCUT2D eigenvalue weighted by molar-refractivity contribution is 6.29. The van der Waals surface area contributed by atoms with Crippen molar-refractivity contribution in [3.05, 3.63) is 29.4 Å². The van der Waals surface area contributed by atoms with Crippen LogP contribution in [0.1, 0.15) is 32.1 Å². The summed E-state index contributed by atoms with van der Waals surface area (Å²) in [4.78, 5) is 14.1. The molecule has 1 aromatic heterocycles. The van der Waals surface area contributed by atoms with Gasteiger partial charge < -0.3 is 9.64 Å². The molecule has 1 saturated heterocycles. The Kier molecular flexibility index (Phi) is 4.93. The van der Waals surface area contributed by atoms with Gasteiger partial charge in [-0.2, -0.15) is 0 Å². The molecule has 5 nitrogen and oxygen atoms in total. The van der Waals surface area contributed by atoms with Crippen molar-refractivity contribution in [2.24, 2.45) is 5.92 Å². The molecule has 0 unspecified atom stereocenters. The minimum absolute atomic E-state index is 0.0226. The summed E-state index contributed by atoms with van der Waals surface area (Å²) in [6.07, 6.45) is 8.62. The van der Waals surface area contributed by atoms with Crippen molar-refractivity contribution in [2.45, 2.75) is 38.2 Å². The molecule has 0 aromatic carbocycles. The molecule has 1 aliphatic heterocycles. The molecule has 0 bridgehead atoms. The highest BCUT2D eigenvalue weighted by Gasteiger charge is 2.24. The van der Waals surface area contributed by atoms with Crippen LogP contribution in [0.2, 0.25) is 5.15 Å². The minimum atomic E-state index is -0.0683. The molecule has 0 amide bonds. The van der Waals surface area contributed by atoms with Gasteiger partial charge in [0.05, 0.1) is 6.42 Å². The first-order chi connectivity index (χ1) is 10.7. The highest BCUT2D eigenvalue weighted by Crippen LogP contribution is 2.23. The second-order valence-electron chi connectivity index (χ2n) is 5.86. The number of carbonyl (C=O) groups excluding carboxylic acids is 1. The van der Waals surface area contributed by atoms with Crippen LogP contribution < -0.4 is 4.90 Å². The summed E-state index contributed by atoms with van der Waals surface area (Å²) in [5.74, 6) is 1.13. The van der Waals surface area contributed by atoms with Crippen molar-refractivity contribution >= 4 is 23.4 Å². The average Bonchev–Trinajstić information content (AvgIpc) is 3.02. The maximum absolute atomic E-state index is 11.9. The lowest BCUT2D eigenvalue weighted by atomic mass is 10.0. The second kappa shape index (κ2) is 7.09. The van der Waals surface area contributed by atoms with E-state index in [0.29, 0.717) is 17.5 Å². The molecule has 1 atom stereocenters. The maximum Gasteiger partial charge on any atom is 0.306 e. The zero-order chi connectivity index (χ0) is 15.4. The molecule has 0 spiro atoms. The van der Waals surface area contributed by atoms with Gasteiger partial charge in [-0.15, -0.1) is 10.2 Å². The zero-order valence-electron chi connectivity index (χ0n) is 12.4. The van der Waals surface area contributed by atoms with Gasteiger partial charge >= 0.3 is 5.97 Å². The summed E-state index contributed by atoms with van der Waals surface area (Å²) in [6.45, 7) is 1.63. The number of hydrogen-bond donors (Lipinski definition) is 0. The number of aromatic nitrogens is 2. The molecular formula is C16H20ClN3O2. The summed E-state index contributed by atoms with van der Waals surface area (Å²) in [5.41, 5.74) is 0. The Morgan fingerprint density at radius 3 is 2.73 bits per heavy atom. The van der Waals surface area contributed by atoms with E-state index in [9.17, 15) is 4.79 Å². The molecule has 6 heteroatoms. The molecule has 1 fully saturated rings. The summed E-state index contributed by atoms with van der Waals surface area (Å²) in [7, 11) is 0. The van der Waals surface area contributed by atoms with E-state index >= 15 is 0 Å². The minimum Gasteiger partial charge on any atom is -0.462 e. The third-order valence-corrected chi connectivity index (χ3v) is 4.42. The van der Waals surface area contributed by atoms with E-state index < -0.39 is 0 Å². The first-order valence-corrected chi connectivity index (χ1v) is 8.19. The first kappa shape index (κ1) is 15.3. The number of nitrogens with zero attached hydrogens (tertiary/aromatic N) is 3. The fraction of sp³-hybridized carbons (Fsp3) is 0.562. The van der Waals surface area contributed by atoms with Crippen molar-refractivity contribution in [1.82, 2.24) is 10.2 Å². The highest BCUT2D eigenvalue weighted by atomic mass is 35.5. The van der Waals surface area contributed by atoms with Crippen LogP contribution >= 0.6 is 11.6 Å². The molecule has 1 aliphatic carbocycles. The van der Waals surface area contributed by atoms with Gasteiger partial charge in [-0.05, 0) is 30.9 Å². The quantitative estimate of drug-likeness (QED) is 0.630. The lowest BCUT2D eigenvalue weighted by molar-refractivity contribution is -0.150. The number of piperidine rings is 1. The number of anilines is 1. The Hall–Kier alpha value is -1.62. The summed E-state index contributed by atoms with van der Waals surface area (Å²) >= 11 is 5.75. The Balaban J connectivity index is 1.44. The lowest BCUT2D eigenvalue weighted by Crippen LogP contribution is -2.38. The molecule has 3 rings (SSSR count). The topological polar surface area (TPSA) is 55.3 Å². The molecule has 1 aromatic rings. The Labute approximate surface area is 135 Å². The average molecular weight is 322 g/mol. The fourth-order valence-corrected chi connectivity index (χ4v) is 3.09. The molecule has 2 aliphatic rings.